The number of carbonyl (C=O) groups is 1. The average molecular weight is 566 g/mol. The van der Waals surface area contributed by atoms with Crippen molar-refractivity contribution >= 4 is 13.5 Å². The van der Waals surface area contributed by atoms with Crippen LogP contribution in [0.1, 0.15) is 80.7 Å². The number of ether oxygens (including phenoxy) is 2. The Bertz CT molecular complexity index is 1390. The highest BCUT2D eigenvalue weighted by atomic mass is 31.2. The molecule has 8 heteroatoms. The lowest BCUT2D eigenvalue weighted by Gasteiger charge is -2.24. The molecule has 3 aromatic rings. The number of benzene rings is 3. The smallest absolute Gasteiger partial charge is 0.354 e. The topological polar surface area (TPSA) is 94.1 Å². The van der Waals surface area contributed by atoms with Gasteiger partial charge in [-0.3, -0.25) is 9.36 Å². The van der Waals surface area contributed by atoms with Gasteiger partial charge in [0.25, 0.3) is 0 Å². The third-order valence-electron chi connectivity index (χ3n) is 7.07. The van der Waals surface area contributed by atoms with E-state index in [0.717, 1.165) is 24.0 Å². The number of fused-ring (bicyclic) bond motifs is 1. The van der Waals surface area contributed by atoms with Crippen LogP contribution in [0.4, 0.5) is 0 Å². The number of phenols is 1. The van der Waals surface area contributed by atoms with Gasteiger partial charge in [-0.05, 0) is 105 Å². The fraction of sp³-hybridized carbons (Fsp3) is 0.406. The lowest BCUT2D eigenvalue weighted by Crippen LogP contribution is -2.36. The maximum Gasteiger partial charge on any atom is 0.354 e. The fourth-order valence-electron chi connectivity index (χ4n) is 5.24. The van der Waals surface area contributed by atoms with Crippen molar-refractivity contribution in [2.24, 2.45) is 0 Å². The molecule has 0 amide bonds. The predicted octanol–water partition coefficient (Wildman–Crippen LogP) is 7.44. The summed E-state index contributed by atoms with van der Waals surface area (Å²) in [6.45, 7) is 11.4. The Morgan fingerprint density at radius 2 is 1.75 bits per heavy atom. The first-order valence-electron chi connectivity index (χ1n) is 13.9. The molecule has 0 radical (unpaired) electrons. The van der Waals surface area contributed by atoms with E-state index < -0.39 is 19.5 Å². The summed E-state index contributed by atoms with van der Waals surface area (Å²) in [5, 5.41) is 13.1. The maximum atomic E-state index is 13.9. The van der Waals surface area contributed by atoms with Crippen LogP contribution < -0.4 is 14.3 Å². The van der Waals surface area contributed by atoms with Gasteiger partial charge in [0.15, 0.2) is 6.35 Å². The molecular formula is C32H40NO6P. The molecule has 0 aromatic heterocycles. The molecule has 2 N–H and O–H groups in total. The highest BCUT2D eigenvalue weighted by Crippen LogP contribution is 2.46. The van der Waals surface area contributed by atoms with E-state index in [4.69, 9.17) is 14.0 Å². The monoisotopic (exact) mass is 565 g/mol. The Labute approximate surface area is 237 Å². The average Bonchev–Trinajstić information content (AvgIpc) is 3.32. The van der Waals surface area contributed by atoms with E-state index in [-0.39, 0.29) is 24.3 Å². The number of phenolic OH excluding ortho intramolecular Hbond substituents is 1. The van der Waals surface area contributed by atoms with E-state index in [1.807, 2.05) is 24.3 Å². The molecule has 0 bridgehead atoms. The molecule has 1 unspecified atom stereocenters. The fourth-order valence-corrected chi connectivity index (χ4v) is 6.89. The molecule has 0 saturated heterocycles. The Morgan fingerprint density at radius 3 is 2.42 bits per heavy atom. The molecule has 40 heavy (non-hydrogen) atoms. The number of carbonyl (C=O) groups excluding carboxylic acids is 1. The van der Waals surface area contributed by atoms with E-state index in [1.54, 1.807) is 51.1 Å². The summed E-state index contributed by atoms with van der Waals surface area (Å²) >= 11 is 0. The van der Waals surface area contributed by atoms with Crippen molar-refractivity contribution in [2.75, 3.05) is 6.35 Å². The predicted molar refractivity (Wildman–Crippen MR) is 158 cm³/mol. The summed E-state index contributed by atoms with van der Waals surface area (Å²) in [7, 11) is -3.67. The van der Waals surface area contributed by atoms with E-state index in [0.29, 0.717) is 17.2 Å². The third-order valence-corrected chi connectivity index (χ3v) is 8.82. The number of rotatable bonds is 11. The molecule has 4 rings (SSSR count). The summed E-state index contributed by atoms with van der Waals surface area (Å²) in [6, 6.07) is 17.9. The largest absolute Gasteiger partial charge is 0.508 e. The second-order valence-corrected chi connectivity index (χ2v) is 13.1. The van der Waals surface area contributed by atoms with Crippen LogP contribution in [0.2, 0.25) is 0 Å². The molecule has 0 aliphatic heterocycles. The first-order chi connectivity index (χ1) is 19.0. The number of nitrogens with one attached hydrogen (secondary N) is 1. The summed E-state index contributed by atoms with van der Waals surface area (Å²) < 4.78 is 31.2. The molecule has 214 valence electrons. The van der Waals surface area contributed by atoms with Crippen LogP contribution in [-0.4, -0.2) is 29.6 Å². The van der Waals surface area contributed by atoms with Gasteiger partial charge in [0, 0.05) is 5.92 Å². The molecule has 0 fully saturated rings. The van der Waals surface area contributed by atoms with Crippen LogP contribution in [0.15, 0.2) is 60.7 Å². The quantitative estimate of drug-likeness (QED) is 0.184. The van der Waals surface area contributed by atoms with Gasteiger partial charge >= 0.3 is 13.5 Å². The number of aryl methyl sites for hydroxylation is 2. The Kier molecular flexibility index (Phi) is 9.27. The van der Waals surface area contributed by atoms with Crippen molar-refractivity contribution in [2.45, 2.75) is 78.4 Å². The zero-order valence-electron chi connectivity index (χ0n) is 24.1. The van der Waals surface area contributed by atoms with Crippen molar-refractivity contribution in [3.8, 4) is 17.2 Å². The number of para-hydroxylation sites is 1. The molecule has 7 nitrogen and oxygen atoms in total. The molecule has 0 saturated carbocycles. The second-order valence-electron chi connectivity index (χ2n) is 11.1. The van der Waals surface area contributed by atoms with Crippen LogP contribution in [0.25, 0.3) is 0 Å². The Hall–Kier alpha value is -3.28. The van der Waals surface area contributed by atoms with Gasteiger partial charge in [-0.2, -0.15) is 0 Å². The first-order valence-corrected chi connectivity index (χ1v) is 15.7. The van der Waals surface area contributed by atoms with Crippen LogP contribution in [-0.2, 0) is 20.5 Å². The van der Waals surface area contributed by atoms with Gasteiger partial charge in [0.2, 0.25) is 0 Å². The molecule has 1 aliphatic carbocycles. The zero-order valence-corrected chi connectivity index (χ0v) is 25.0. The minimum atomic E-state index is -3.67. The lowest BCUT2D eigenvalue weighted by atomic mass is 9.87. The van der Waals surface area contributed by atoms with Crippen molar-refractivity contribution in [1.82, 2.24) is 5.09 Å². The van der Waals surface area contributed by atoms with Gasteiger partial charge in [-0.1, -0.05) is 44.2 Å². The summed E-state index contributed by atoms with van der Waals surface area (Å²) in [5.41, 5.74) is 5.72. The number of hydrogen-bond donors (Lipinski definition) is 2. The van der Waals surface area contributed by atoms with Crippen LogP contribution >= 0.6 is 7.52 Å². The van der Waals surface area contributed by atoms with E-state index >= 15 is 0 Å². The summed E-state index contributed by atoms with van der Waals surface area (Å²) in [5.74, 6) is 1.30. The highest BCUT2D eigenvalue weighted by molar-refractivity contribution is 7.57. The van der Waals surface area contributed by atoms with Gasteiger partial charge < -0.3 is 19.1 Å². The van der Waals surface area contributed by atoms with Gasteiger partial charge in [-0.25, -0.2) is 5.09 Å². The standard InChI is InChI=1S/C32H40NO6P/c1-20(2)29-18-24(13-15-30(29)34)28-14-12-25-17-27(16-22(5)31(25)28)37-19-40(36,39-26-10-8-7-9-11-26)33-23(6)32(35)38-21(3)4/h7-11,13,15-18,20-21,23,28,34H,12,14,19H2,1-6H3,(H,33,36)/t23-,28+,40?/m0/s1. The zero-order chi connectivity index (χ0) is 29.0. The van der Waals surface area contributed by atoms with Crippen LogP contribution in [0.5, 0.6) is 17.2 Å². The first kappa shape index (κ1) is 29.7. The normalized spacial score (nSPS) is 16.9. The number of hydrogen-bond acceptors (Lipinski definition) is 6. The Balaban J connectivity index is 1.55. The van der Waals surface area contributed by atoms with E-state index in [1.165, 1.54) is 16.7 Å². The molecular weight excluding hydrogens is 525 g/mol. The number of esters is 1. The molecule has 1 aliphatic rings. The van der Waals surface area contributed by atoms with Crippen LogP contribution in [0, 0.1) is 6.92 Å². The third kappa shape index (κ3) is 7.07. The molecule has 0 spiro atoms. The van der Waals surface area contributed by atoms with E-state index in [9.17, 15) is 14.5 Å². The van der Waals surface area contributed by atoms with Crippen molar-refractivity contribution in [1.29, 1.82) is 0 Å². The summed E-state index contributed by atoms with van der Waals surface area (Å²) in [4.78, 5) is 12.4. The lowest BCUT2D eigenvalue weighted by molar-refractivity contribution is -0.149. The molecule has 3 atom stereocenters. The van der Waals surface area contributed by atoms with Gasteiger partial charge in [0.1, 0.15) is 23.3 Å². The van der Waals surface area contributed by atoms with Crippen LogP contribution in [0.3, 0.4) is 0 Å². The molecule has 0 heterocycles. The molecule has 3 aromatic carbocycles. The minimum absolute atomic E-state index is 0.232. The maximum absolute atomic E-state index is 13.9. The Morgan fingerprint density at radius 1 is 1.02 bits per heavy atom. The summed E-state index contributed by atoms with van der Waals surface area (Å²) in [6.07, 6.45) is 1.30. The van der Waals surface area contributed by atoms with Crippen molar-refractivity contribution in [3.05, 3.63) is 88.5 Å². The second kappa shape index (κ2) is 12.5. The highest BCUT2D eigenvalue weighted by Gasteiger charge is 2.33. The van der Waals surface area contributed by atoms with Crippen molar-refractivity contribution in [3.63, 3.8) is 0 Å². The van der Waals surface area contributed by atoms with Crippen molar-refractivity contribution < 1.29 is 28.5 Å². The van der Waals surface area contributed by atoms with E-state index in [2.05, 4.69) is 31.9 Å². The SMILES string of the molecule is Cc1cc(OCP(=O)(N[C@@H](C)C(=O)OC(C)C)Oc2ccccc2)cc2c1[C@@H](c1ccc(O)c(C(C)C)c1)CC2. The van der Waals surface area contributed by atoms with Gasteiger partial charge in [-0.15, -0.1) is 0 Å². The number of aromatic hydroxyl groups is 1. The minimum Gasteiger partial charge on any atom is -0.508 e. The van der Waals surface area contributed by atoms with Gasteiger partial charge in [0.05, 0.1) is 6.10 Å².